The van der Waals surface area contributed by atoms with E-state index in [9.17, 15) is 5.26 Å². The highest BCUT2D eigenvalue weighted by Gasteiger charge is 2.30. The van der Waals surface area contributed by atoms with Gasteiger partial charge in [0.1, 0.15) is 6.07 Å². The molecule has 1 aromatic carbocycles. The number of hydrogen-bond donors (Lipinski definition) is 0. The Morgan fingerprint density at radius 2 is 2.00 bits per heavy atom. The van der Waals surface area contributed by atoms with Gasteiger partial charge in [-0.3, -0.25) is 4.90 Å². The van der Waals surface area contributed by atoms with Crippen molar-refractivity contribution in [3.63, 3.8) is 0 Å². The van der Waals surface area contributed by atoms with E-state index in [1.807, 2.05) is 12.1 Å². The first kappa shape index (κ1) is 13.0. The zero-order valence-electron chi connectivity index (χ0n) is 11.0. The average molecular weight is 320 g/mol. The summed E-state index contributed by atoms with van der Waals surface area (Å²) in [5.74, 6) is 0. The van der Waals surface area contributed by atoms with E-state index in [1.54, 1.807) is 0 Å². The van der Waals surface area contributed by atoms with Crippen molar-refractivity contribution in [2.75, 3.05) is 31.1 Å². The lowest BCUT2D eigenvalue weighted by Crippen LogP contribution is -2.35. The fraction of sp³-hybridized carbons (Fsp3) is 0.533. The van der Waals surface area contributed by atoms with Crippen LogP contribution in [0.2, 0.25) is 0 Å². The molecule has 0 amide bonds. The summed E-state index contributed by atoms with van der Waals surface area (Å²) in [5.41, 5.74) is 1.85. The van der Waals surface area contributed by atoms with E-state index < -0.39 is 0 Å². The Labute approximate surface area is 122 Å². The molecule has 0 saturated carbocycles. The molecule has 2 saturated heterocycles. The van der Waals surface area contributed by atoms with Gasteiger partial charge in [-0.1, -0.05) is 6.07 Å². The lowest BCUT2D eigenvalue weighted by atomic mass is 10.2. The van der Waals surface area contributed by atoms with Gasteiger partial charge in [0.2, 0.25) is 0 Å². The summed E-state index contributed by atoms with van der Waals surface area (Å²) in [5, 5.41) is 9.32. The molecule has 100 valence electrons. The van der Waals surface area contributed by atoms with Gasteiger partial charge in [-0.25, -0.2) is 0 Å². The molecular formula is C15H18BrN3. The molecule has 0 aliphatic carbocycles. The zero-order chi connectivity index (χ0) is 13.2. The van der Waals surface area contributed by atoms with E-state index in [2.05, 4.69) is 37.9 Å². The average Bonchev–Trinajstić information content (AvgIpc) is 3.09. The van der Waals surface area contributed by atoms with Gasteiger partial charge in [-0.05, 0) is 60.4 Å². The van der Waals surface area contributed by atoms with Crippen LogP contribution in [0.15, 0.2) is 22.7 Å². The lowest BCUT2D eigenvalue weighted by Gasteiger charge is -2.25. The number of benzene rings is 1. The number of anilines is 1. The van der Waals surface area contributed by atoms with Crippen molar-refractivity contribution in [3.05, 3.63) is 28.2 Å². The van der Waals surface area contributed by atoms with Crippen molar-refractivity contribution < 1.29 is 0 Å². The van der Waals surface area contributed by atoms with Crippen molar-refractivity contribution in [1.29, 1.82) is 5.26 Å². The van der Waals surface area contributed by atoms with Crippen molar-refractivity contribution in [1.82, 2.24) is 4.90 Å². The smallest absolute Gasteiger partial charge is 0.103 e. The molecule has 2 fully saturated rings. The van der Waals surface area contributed by atoms with Gasteiger partial charge < -0.3 is 4.90 Å². The van der Waals surface area contributed by atoms with Gasteiger partial charge in [0.15, 0.2) is 0 Å². The van der Waals surface area contributed by atoms with Crippen molar-refractivity contribution in [3.8, 4) is 6.07 Å². The quantitative estimate of drug-likeness (QED) is 0.839. The highest BCUT2D eigenvalue weighted by Crippen LogP contribution is 2.31. The topological polar surface area (TPSA) is 30.3 Å². The SMILES string of the molecule is N#Cc1c(Br)cccc1N1CCC(N2CCCC2)C1. The highest BCUT2D eigenvalue weighted by atomic mass is 79.9. The molecule has 3 rings (SSSR count). The van der Waals surface area contributed by atoms with E-state index in [1.165, 1.54) is 32.4 Å². The van der Waals surface area contributed by atoms with Gasteiger partial charge in [0.05, 0.1) is 11.3 Å². The Morgan fingerprint density at radius 1 is 1.21 bits per heavy atom. The monoisotopic (exact) mass is 319 g/mol. The van der Waals surface area contributed by atoms with Crippen LogP contribution in [0.5, 0.6) is 0 Å². The molecule has 2 aliphatic heterocycles. The van der Waals surface area contributed by atoms with E-state index in [-0.39, 0.29) is 0 Å². The molecule has 1 unspecified atom stereocenters. The summed E-state index contributed by atoms with van der Waals surface area (Å²) in [6.07, 6.45) is 3.91. The second kappa shape index (κ2) is 5.52. The minimum Gasteiger partial charge on any atom is -0.369 e. The third kappa shape index (κ3) is 2.50. The number of nitrogens with zero attached hydrogens (tertiary/aromatic N) is 3. The summed E-state index contributed by atoms with van der Waals surface area (Å²) >= 11 is 3.48. The fourth-order valence-electron chi connectivity index (χ4n) is 3.25. The minimum atomic E-state index is 0.674. The number of likely N-dealkylation sites (tertiary alicyclic amines) is 1. The van der Waals surface area contributed by atoms with E-state index in [4.69, 9.17) is 0 Å². The largest absolute Gasteiger partial charge is 0.369 e. The first-order chi connectivity index (χ1) is 9.29. The van der Waals surface area contributed by atoms with Gasteiger partial charge >= 0.3 is 0 Å². The molecule has 0 bridgehead atoms. The van der Waals surface area contributed by atoms with Crippen LogP contribution < -0.4 is 4.90 Å². The third-order valence-corrected chi connectivity index (χ3v) is 4.93. The number of hydrogen-bond acceptors (Lipinski definition) is 3. The van der Waals surface area contributed by atoms with Crippen molar-refractivity contribution in [2.45, 2.75) is 25.3 Å². The molecule has 0 aromatic heterocycles. The van der Waals surface area contributed by atoms with Gasteiger partial charge in [-0.15, -0.1) is 0 Å². The van der Waals surface area contributed by atoms with Crippen LogP contribution in [-0.2, 0) is 0 Å². The number of halogens is 1. The number of rotatable bonds is 2. The van der Waals surface area contributed by atoms with Crippen LogP contribution in [0.1, 0.15) is 24.8 Å². The summed E-state index contributed by atoms with van der Waals surface area (Å²) in [6.45, 7) is 4.63. The molecular weight excluding hydrogens is 302 g/mol. The summed E-state index contributed by atoms with van der Waals surface area (Å²) in [6, 6.07) is 9.02. The summed E-state index contributed by atoms with van der Waals surface area (Å²) < 4.78 is 0.900. The summed E-state index contributed by atoms with van der Waals surface area (Å²) in [4.78, 5) is 4.98. The first-order valence-electron chi connectivity index (χ1n) is 6.97. The zero-order valence-corrected chi connectivity index (χ0v) is 12.6. The maximum atomic E-state index is 9.32. The molecule has 0 radical (unpaired) electrons. The predicted molar refractivity (Wildman–Crippen MR) is 80.3 cm³/mol. The van der Waals surface area contributed by atoms with Crippen molar-refractivity contribution in [2.24, 2.45) is 0 Å². The first-order valence-corrected chi connectivity index (χ1v) is 7.76. The van der Waals surface area contributed by atoms with Crippen LogP contribution in [0.4, 0.5) is 5.69 Å². The van der Waals surface area contributed by atoms with Crippen molar-refractivity contribution >= 4 is 21.6 Å². The Kier molecular flexibility index (Phi) is 3.76. The Balaban J connectivity index is 1.78. The molecule has 1 aromatic rings. The fourth-order valence-corrected chi connectivity index (χ4v) is 3.70. The third-order valence-electron chi connectivity index (χ3n) is 4.26. The van der Waals surface area contributed by atoms with Crippen LogP contribution in [-0.4, -0.2) is 37.1 Å². The molecule has 0 spiro atoms. The lowest BCUT2D eigenvalue weighted by molar-refractivity contribution is 0.260. The maximum absolute atomic E-state index is 9.32. The minimum absolute atomic E-state index is 0.674. The van der Waals surface area contributed by atoms with Crippen LogP contribution in [0.3, 0.4) is 0 Å². The molecule has 2 aliphatic rings. The van der Waals surface area contributed by atoms with Gasteiger partial charge in [-0.2, -0.15) is 5.26 Å². The van der Waals surface area contributed by atoms with E-state index in [0.29, 0.717) is 6.04 Å². The molecule has 0 N–H and O–H groups in total. The van der Waals surface area contributed by atoms with Crippen LogP contribution in [0.25, 0.3) is 0 Å². The molecule has 4 heteroatoms. The highest BCUT2D eigenvalue weighted by molar-refractivity contribution is 9.10. The maximum Gasteiger partial charge on any atom is 0.103 e. The standard InChI is InChI=1S/C15H18BrN3/c16-14-4-3-5-15(13(14)10-17)19-9-6-12(11-19)18-7-1-2-8-18/h3-5,12H,1-2,6-9,11H2. The molecule has 3 nitrogen and oxygen atoms in total. The second-order valence-electron chi connectivity index (χ2n) is 5.38. The summed E-state index contributed by atoms with van der Waals surface area (Å²) in [7, 11) is 0. The van der Waals surface area contributed by atoms with Crippen LogP contribution >= 0.6 is 15.9 Å². The normalized spacial score (nSPS) is 23.8. The Morgan fingerprint density at radius 3 is 2.74 bits per heavy atom. The van der Waals surface area contributed by atoms with E-state index in [0.717, 1.165) is 28.8 Å². The van der Waals surface area contributed by atoms with E-state index >= 15 is 0 Å². The predicted octanol–water partition coefficient (Wildman–Crippen LogP) is 3.00. The Hall–Kier alpha value is -1.05. The van der Waals surface area contributed by atoms with Crippen LogP contribution in [0, 0.1) is 11.3 Å². The number of nitriles is 1. The second-order valence-corrected chi connectivity index (χ2v) is 6.23. The van der Waals surface area contributed by atoms with Gasteiger partial charge in [0.25, 0.3) is 0 Å². The molecule has 1 atom stereocenters. The van der Waals surface area contributed by atoms with Gasteiger partial charge in [0, 0.05) is 23.6 Å². The molecule has 2 heterocycles. The Bertz CT molecular complexity index is 503. The molecule has 19 heavy (non-hydrogen) atoms.